The standard InChI is InChI=1S/C20H25N3O5/c1-13(2)14-5-7-15(8-6-14)21-16(24)12-28-17(25)11-23-18(26)20(22-19(23)27)9-3-4-10-20/h5-8,13H,3-4,9-12H2,1-2H3,(H,21,24)(H,22,27). The highest BCUT2D eigenvalue weighted by Crippen LogP contribution is 2.34. The number of nitrogens with zero attached hydrogens (tertiary/aromatic N) is 1. The predicted molar refractivity (Wildman–Crippen MR) is 102 cm³/mol. The number of ether oxygens (including phenoxy) is 1. The van der Waals surface area contributed by atoms with E-state index in [0.29, 0.717) is 24.4 Å². The Morgan fingerprint density at radius 3 is 2.43 bits per heavy atom. The van der Waals surface area contributed by atoms with E-state index in [1.165, 1.54) is 0 Å². The molecule has 1 aromatic carbocycles. The minimum atomic E-state index is -0.864. The van der Waals surface area contributed by atoms with E-state index in [4.69, 9.17) is 4.74 Å². The third-order valence-corrected chi connectivity index (χ3v) is 5.22. The molecule has 2 aliphatic rings. The third kappa shape index (κ3) is 4.16. The van der Waals surface area contributed by atoms with Gasteiger partial charge in [-0.2, -0.15) is 0 Å². The number of amides is 4. The van der Waals surface area contributed by atoms with E-state index in [-0.39, 0.29) is 5.91 Å². The first kappa shape index (κ1) is 19.9. The lowest BCUT2D eigenvalue weighted by atomic mass is 9.98. The molecule has 150 valence electrons. The van der Waals surface area contributed by atoms with Crippen LogP contribution in [0, 0.1) is 0 Å². The van der Waals surface area contributed by atoms with Crippen molar-refractivity contribution in [3.63, 3.8) is 0 Å². The summed E-state index contributed by atoms with van der Waals surface area (Å²) in [5, 5.41) is 5.33. The number of benzene rings is 1. The second-order valence-corrected chi connectivity index (χ2v) is 7.60. The van der Waals surface area contributed by atoms with Gasteiger partial charge in [0, 0.05) is 5.69 Å². The Morgan fingerprint density at radius 1 is 1.18 bits per heavy atom. The molecule has 4 amide bonds. The molecule has 2 fully saturated rings. The average molecular weight is 387 g/mol. The first-order chi connectivity index (χ1) is 13.3. The number of rotatable bonds is 6. The SMILES string of the molecule is CC(C)c1ccc(NC(=O)COC(=O)CN2C(=O)NC3(CCCC3)C2=O)cc1. The maximum atomic E-state index is 12.5. The molecule has 1 saturated carbocycles. The average Bonchev–Trinajstić information content (AvgIpc) is 3.21. The van der Waals surface area contributed by atoms with Gasteiger partial charge in [0.2, 0.25) is 0 Å². The van der Waals surface area contributed by atoms with Gasteiger partial charge in [-0.3, -0.25) is 19.3 Å². The first-order valence-electron chi connectivity index (χ1n) is 9.50. The summed E-state index contributed by atoms with van der Waals surface area (Å²) in [5.74, 6) is -1.29. The topological polar surface area (TPSA) is 105 Å². The van der Waals surface area contributed by atoms with Gasteiger partial charge in [-0.05, 0) is 36.5 Å². The third-order valence-electron chi connectivity index (χ3n) is 5.22. The summed E-state index contributed by atoms with van der Waals surface area (Å²) in [6, 6.07) is 6.82. The van der Waals surface area contributed by atoms with Crippen molar-refractivity contribution in [2.75, 3.05) is 18.5 Å². The molecule has 1 heterocycles. The molecule has 1 aromatic rings. The molecule has 0 aromatic heterocycles. The molecule has 1 spiro atoms. The molecule has 0 unspecified atom stereocenters. The molecule has 1 saturated heterocycles. The van der Waals surface area contributed by atoms with Gasteiger partial charge in [-0.25, -0.2) is 4.79 Å². The summed E-state index contributed by atoms with van der Waals surface area (Å²) < 4.78 is 4.92. The van der Waals surface area contributed by atoms with E-state index in [1.807, 2.05) is 12.1 Å². The van der Waals surface area contributed by atoms with Crippen LogP contribution in [0.15, 0.2) is 24.3 Å². The largest absolute Gasteiger partial charge is 0.454 e. The molecule has 28 heavy (non-hydrogen) atoms. The fourth-order valence-corrected chi connectivity index (χ4v) is 3.61. The van der Waals surface area contributed by atoms with Crippen molar-refractivity contribution in [1.82, 2.24) is 10.2 Å². The lowest BCUT2D eigenvalue weighted by molar-refractivity contribution is -0.150. The van der Waals surface area contributed by atoms with E-state index in [1.54, 1.807) is 12.1 Å². The minimum Gasteiger partial charge on any atom is -0.454 e. The number of hydrogen-bond acceptors (Lipinski definition) is 5. The molecular formula is C20H25N3O5. The molecule has 0 radical (unpaired) electrons. The minimum absolute atomic E-state index is 0.387. The van der Waals surface area contributed by atoms with Crippen molar-refractivity contribution in [3.8, 4) is 0 Å². The summed E-state index contributed by atoms with van der Waals surface area (Å²) >= 11 is 0. The molecule has 8 heteroatoms. The van der Waals surface area contributed by atoms with E-state index in [0.717, 1.165) is 23.3 Å². The Kier molecular flexibility index (Phi) is 5.67. The van der Waals surface area contributed by atoms with Crippen LogP contribution in [-0.2, 0) is 19.1 Å². The van der Waals surface area contributed by atoms with E-state index in [2.05, 4.69) is 24.5 Å². The summed E-state index contributed by atoms with van der Waals surface area (Å²) in [7, 11) is 0. The van der Waals surface area contributed by atoms with Gasteiger partial charge in [0.15, 0.2) is 6.61 Å². The molecular weight excluding hydrogens is 362 g/mol. The predicted octanol–water partition coefficient (Wildman–Crippen LogP) is 2.16. The van der Waals surface area contributed by atoms with Crippen LogP contribution in [0.1, 0.15) is 51.0 Å². The van der Waals surface area contributed by atoms with Gasteiger partial charge in [-0.1, -0.05) is 38.8 Å². The number of hydrogen-bond donors (Lipinski definition) is 2. The Labute approximate surface area is 163 Å². The van der Waals surface area contributed by atoms with Crippen LogP contribution in [0.25, 0.3) is 0 Å². The number of imide groups is 1. The zero-order chi connectivity index (χ0) is 20.3. The Hall–Kier alpha value is -2.90. The second-order valence-electron chi connectivity index (χ2n) is 7.60. The lowest BCUT2D eigenvalue weighted by Gasteiger charge is -2.19. The van der Waals surface area contributed by atoms with Crippen molar-refractivity contribution in [3.05, 3.63) is 29.8 Å². The van der Waals surface area contributed by atoms with Crippen LogP contribution in [0.3, 0.4) is 0 Å². The smallest absolute Gasteiger partial charge is 0.326 e. The normalized spacial score (nSPS) is 17.9. The van der Waals surface area contributed by atoms with Gasteiger partial charge in [-0.15, -0.1) is 0 Å². The molecule has 1 aliphatic carbocycles. The fourth-order valence-electron chi connectivity index (χ4n) is 3.61. The number of anilines is 1. The van der Waals surface area contributed by atoms with Crippen molar-refractivity contribution < 1.29 is 23.9 Å². The molecule has 1 aliphatic heterocycles. The first-order valence-corrected chi connectivity index (χ1v) is 9.50. The van der Waals surface area contributed by atoms with Crippen LogP contribution < -0.4 is 10.6 Å². The maximum Gasteiger partial charge on any atom is 0.326 e. The molecule has 0 atom stereocenters. The molecule has 3 rings (SSSR count). The highest BCUT2D eigenvalue weighted by Gasteiger charge is 2.52. The van der Waals surface area contributed by atoms with Crippen LogP contribution in [0.2, 0.25) is 0 Å². The van der Waals surface area contributed by atoms with E-state index in [9.17, 15) is 19.2 Å². The Bertz CT molecular complexity index is 782. The van der Waals surface area contributed by atoms with Crippen LogP contribution in [0.4, 0.5) is 10.5 Å². The number of carbonyl (C=O) groups excluding carboxylic acids is 4. The van der Waals surface area contributed by atoms with Gasteiger partial charge in [0.05, 0.1) is 0 Å². The summed E-state index contributed by atoms with van der Waals surface area (Å²) in [6.45, 7) is 3.17. The maximum absolute atomic E-state index is 12.5. The van der Waals surface area contributed by atoms with Crippen molar-refractivity contribution in [1.29, 1.82) is 0 Å². The summed E-state index contributed by atoms with van der Waals surface area (Å²) in [6.07, 6.45) is 2.90. The quantitative estimate of drug-likeness (QED) is 0.575. The highest BCUT2D eigenvalue weighted by molar-refractivity contribution is 6.09. The zero-order valence-corrected chi connectivity index (χ0v) is 16.1. The second kappa shape index (κ2) is 8.00. The lowest BCUT2D eigenvalue weighted by Crippen LogP contribution is -2.44. The van der Waals surface area contributed by atoms with Crippen molar-refractivity contribution in [2.45, 2.75) is 51.0 Å². The van der Waals surface area contributed by atoms with Crippen molar-refractivity contribution in [2.24, 2.45) is 0 Å². The number of carbonyl (C=O) groups is 4. The van der Waals surface area contributed by atoms with Crippen molar-refractivity contribution >= 4 is 29.5 Å². The van der Waals surface area contributed by atoms with Gasteiger partial charge >= 0.3 is 12.0 Å². The van der Waals surface area contributed by atoms with Gasteiger partial charge in [0.25, 0.3) is 11.8 Å². The van der Waals surface area contributed by atoms with Gasteiger partial charge in [0.1, 0.15) is 12.1 Å². The number of urea groups is 1. The fraction of sp³-hybridized carbons (Fsp3) is 0.500. The Morgan fingerprint density at radius 2 is 1.82 bits per heavy atom. The number of nitrogens with one attached hydrogen (secondary N) is 2. The molecule has 2 N–H and O–H groups in total. The molecule has 8 nitrogen and oxygen atoms in total. The van der Waals surface area contributed by atoms with Crippen LogP contribution in [-0.4, -0.2) is 47.4 Å². The van der Waals surface area contributed by atoms with Crippen LogP contribution in [0.5, 0.6) is 0 Å². The van der Waals surface area contributed by atoms with E-state index >= 15 is 0 Å². The monoisotopic (exact) mass is 387 g/mol. The van der Waals surface area contributed by atoms with E-state index < -0.39 is 36.6 Å². The zero-order valence-electron chi connectivity index (χ0n) is 16.1. The van der Waals surface area contributed by atoms with Gasteiger partial charge < -0.3 is 15.4 Å². The summed E-state index contributed by atoms with van der Waals surface area (Å²) in [4.78, 5) is 49.4. The highest BCUT2D eigenvalue weighted by atomic mass is 16.5. The molecule has 0 bridgehead atoms. The Balaban J connectivity index is 1.47. The van der Waals surface area contributed by atoms with Crippen LogP contribution >= 0.6 is 0 Å². The summed E-state index contributed by atoms with van der Waals surface area (Å²) in [5.41, 5.74) is 0.886. The number of esters is 1.